The summed E-state index contributed by atoms with van der Waals surface area (Å²) in [6, 6.07) is 20.1. The van der Waals surface area contributed by atoms with Crippen LogP contribution in [0.5, 0.6) is 0 Å². The number of nitrogens with zero attached hydrogens (tertiary/aromatic N) is 1. The van der Waals surface area contributed by atoms with Gasteiger partial charge >= 0.3 is 11.9 Å². The fraction of sp³-hybridized carbons (Fsp3) is 0.200. The highest BCUT2D eigenvalue weighted by molar-refractivity contribution is 6.30. The normalized spacial score (nSPS) is 11.6. The molecule has 1 unspecified atom stereocenters. The Balaban J connectivity index is 1.65. The number of ether oxygens (including phenoxy) is 2. The minimum atomic E-state index is -1.14. The zero-order valence-electron chi connectivity index (χ0n) is 21.7. The van der Waals surface area contributed by atoms with Gasteiger partial charge in [0, 0.05) is 28.7 Å². The molecule has 1 N–H and O–H groups in total. The van der Waals surface area contributed by atoms with Crippen LogP contribution in [0, 0.1) is 0 Å². The van der Waals surface area contributed by atoms with Gasteiger partial charge in [-0.3, -0.25) is 9.59 Å². The molecule has 200 valence electrons. The Morgan fingerprint density at radius 1 is 0.897 bits per heavy atom. The molecule has 0 saturated heterocycles. The third-order valence-electron chi connectivity index (χ3n) is 6.21. The van der Waals surface area contributed by atoms with E-state index in [1.807, 2.05) is 0 Å². The van der Waals surface area contributed by atoms with Crippen molar-refractivity contribution < 1.29 is 23.9 Å². The van der Waals surface area contributed by atoms with Crippen LogP contribution in [0.15, 0.2) is 77.6 Å². The summed E-state index contributed by atoms with van der Waals surface area (Å²) in [5, 5.41) is 4.25. The first-order valence-electron chi connectivity index (χ1n) is 12.4. The van der Waals surface area contributed by atoms with E-state index in [-0.39, 0.29) is 24.3 Å². The topological polar surface area (TPSA) is 104 Å². The van der Waals surface area contributed by atoms with Gasteiger partial charge in [0.25, 0.3) is 11.5 Å². The van der Waals surface area contributed by atoms with Gasteiger partial charge in [0.2, 0.25) is 0 Å². The summed E-state index contributed by atoms with van der Waals surface area (Å²) < 4.78 is 11.9. The predicted octanol–water partition coefficient (Wildman–Crippen LogP) is 5.61. The van der Waals surface area contributed by atoms with Crippen LogP contribution in [-0.4, -0.2) is 35.1 Å². The predicted molar refractivity (Wildman–Crippen MR) is 150 cm³/mol. The summed E-state index contributed by atoms with van der Waals surface area (Å²) in [6.07, 6.45) is -0.946. The van der Waals surface area contributed by atoms with E-state index in [0.29, 0.717) is 38.2 Å². The molecule has 3 aromatic carbocycles. The lowest BCUT2D eigenvalue weighted by Gasteiger charge is -2.20. The number of carbonyl (C=O) groups is 3. The average molecular weight is 547 g/mol. The lowest BCUT2D eigenvalue weighted by Crippen LogP contribution is -2.34. The summed E-state index contributed by atoms with van der Waals surface area (Å²) in [4.78, 5) is 51.6. The van der Waals surface area contributed by atoms with Crippen LogP contribution in [0.4, 0.5) is 5.69 Å². The summed E-state index contributed by atoms with van der Waals surface area (Å²) in [5.41, 5.74) is 1.58. The maximum atomic E-state index is 13.6. The fourth-order valence-electron chi connectivity index (χ4n) is 4.25. The third-order valence-corrected chi connectivity index (χ3v) is 6.46. The van der Waals surface area contributed by atoms with Crippen molar-refractivity contribution in [1.29, 1.82) is 0 Å². The molecule has 0 fully saturated rings. The quantitative estimate of drug-likeness (QED) is 0.288. The molecule has 1 heterocycles. The number of esters is 2. The minimum Gasteiger partial charge on any atom is -0.462 e. The Bertz CT molecular complexity index is 1590. The molecular weight excluding hydrogens is 520 g/mol. The molecule has 1 amide bonds. The zero-order valence-corrected chi connectivity index (χ0v) is 22.5. The molecule has 0 saturated carbocycles. The smallest absolute Gasteiger partial charge is 0.356 e. The molecule has 0 aliphatic carbocycles. The van der Waals surface area contributed by atoms with Gasteiger partial charge in [-0.25, -0.2) is 9.59 Å². The van der Waals surface area contributed by atoms with Crippen LogP contribution in [0.2, 0.25) is 5.02 Å². The van der Waals surface area contributed by atoms with Gasteiger partial charge in [0.05, 0.1) is 12.2 Å². The van der Waals surface area contributed by atoms with E-state index in [4.69, 9.17) is 21.1 Å². The number of hydrogen-bond donors (Lipinski definition) is 1. The summed E-state index contributed by atoms with van der Waals surface area (Å²) in [7, 11) is 1.50. The molecule has 0 aliphatic rings. The minimum absolute atomic E-state index is 0.0195. The number of benzene rings is 3. The highest BCUT2D eigenvalue weighted by Gasteiger charge is 2.28. The van der Waals surface area contributed by atoms with Crippen LogP contribution in [-0.2, 0) is 21.3 Å². The molecule has 4 rings (SSSR count). The number of fused-ring (bicyclic) bond motifs is 1. The van der Waals surface area contributed by atoms with Crippen LogP contribution >= 0.6 is 11.6 Å². The number of hydrogen-bond acceptors (Lipinski definition) is 6. The summed E-state index contributed by atoms with van der Waals surface area (Å²) in [6.45, 7) is 3.68. The first-order valence-corrected chi connectivity index (χ1v) is 12.8. The fourth-order valence-corrected chi connectivity index (χ4v) is 4.37. The van der Waals surface area contributed by atoms with Crippen LogP contribution < -0.4 is 10.9 Å². The molecule has 8 nitrogen and oxygen atoms in total. The molecule has 0 aliphatic heterocycles. The standard InChI is InChI=1S/C30H27ClN2O6/c1-4-24(27(34)32-21-16-12-19(13-17-21)29(36)38-5-2)39-30(37)26-25(18-10-14-20(31)15-11-18)22-8-6-7-9-23(22)28(35)33(26)3/h6-17,24H,4-5H2,1-3H3,(H,32,34). The van der Waals surface area contributed by atoms with Crippen molar-refractivity contribution in [2.45, 2.75) is 26.4 Å². The second kappa shape index (κ2) is 12.0. The number of nitrogens with one attached hydrogen (secondary N) is 1. The molecule has 1 atom stereocenters. The van der Waals surface area contributed by atoms with Crippen molar-refractivity contribution in [3.05, 3.63) is 99.4 Å². The highest BCUT2D eigenvalue weighted by atomic mass is 35.5. The number of amides is 1. The lowest BCUT2D eigenvalue weighted by molar-refractivity contribution is -0.124. The number of pyridine rings is 1. The second-order valence-electron chi connectivity index (χ2n) is 8.73. The molecule has 0 bridgehead atoms. The van der Waals surface area contributed by atoms with Gasteiger partial charge in [0.15, 0.2) is 6.10 Å². The van der Waals surface area contributed by atoms with Crippen molar-refractivity contribution in [3.8, 4) is 11.1 Å². The molecule has 39 heavy (non-hydrogen) atoms. The molecule has 4 aromatic rings. The Kier molecular flexibility index (Phi) is 8.46. The molecule has 0 radical (unpaired) electrons. The van der Waals surface area contributed by atoms with Crippen molar-refractivity contribution in [3.63, 3.8) is 0 Å². The maximum absolute atomic E-state index is 13.6. The van der Waals surface area contributed by atoms with Gasteiger partial charge in [-0.2, -0.15) is 0 Å². The molecule has 9 heteroatoms. The van der Waals surface area contributed by atoms with E-state index >= 15 is 0 Å². The largest absolute Gasteiger partial charge is 0.462 e. The van der Waals surface area contributed by atoms with E-state index in [0.717, 1.165) is 0 Å². The number of anilines is 1. The Morgan fingerprint density at radius 3 is 2.15 bits per heavy atom. The molecule has 0 spiro atoms. The van der Waals surface area contributed by atoms with Gasteiger partial charge < -0.3 is 19.4 Å². The first-order chi connectivity index (χ1) is 18.7. The zero-order chi connectivity index (χ0) is 28.1. The number of aromatic nitrogens is 1. The van der Waals surface area contributed by atoms with E-state index in [1.165, 1.54) is 23.7 Å². The first kappa shape index (κ1) is 27.6. The van der Waals surface area contributed by atoms with E-state index in [1.54, 1.807) is 74.5 Å². The van der Waals surface area contributed by atoms with Crippen LogP contribution in [0.3, 0.4) is 0 Å². The lowest BCUT2D eigenvalue weighted by atomic mass is 9.96. The van der Waals surface area contributed by atoms with Gasteiger partial charge in [-0.15, -0.1) is 0 Å². The monoisotopic (exact) mass is 546 g/mol. The van der Waals surface area contributed by atoms with Crippen LogP contribution in [0.1, 0.15) is 41.1 Å². The Labute approximate surface area is 230 Å². The number of halogens is 1. The maximum Gasteiger partial charge on any atom is 0.356 e. The van der Waals surface area contributed by atoms with Gasteiger partial charge in [-0.1, -0.05) is 48.9 Å². The number of rotatable bonds is 8. The Morgan fingerprint density at radius 2 is 1.54 bits per heavy atom. The highest BCUT2D eigenvalue weighted by Crippen LogP contribution is 2.32. The summed E-state index contributed by atoms with van der Waals surface area (Å²) in [5.74, 6) is -1.83. The third kappa shape index (κ3) is 5.86. The van der Waals surface area contributed by atoms with Gasteiger partial charge in [-0.05, 0) is 66.8 Å². The van der Waals surface area contributed by atoms with Crippen molar-refractivity contribution >= 4 is 45.9 Å². The van der Waals surface area contributed by atoms with Gasteiger partial charge in [0.1, 0.15) is 5.69 Å². The molecular formula is C30H27ClN2O6. The average Bonchev–Trinajstić information content (AvgIpc) is 2.94. The van der Waals surface area contributed by atoms with E-state index in [2.05, 4.69) is 5.32 Å². The Hall–Kier alpha value is -4.43. The van der Waals surface area contributed by atoms with E-state index in [9.17, 15) is 19.2 Å². The van der Waals surface area contributed by atoms with Crippen molar-refractivity contribution in [1.82, 2.24) is 4.57 Å². The number of carbonyl (C=O) groups excluding carboxylic acids is 3. The van der Waals surface area contributed by atoms with E-state index < -0.39 is 23.9 Å². The SMILES string of the molecule is CCOC(=O)c1ccc(NC(=O)C(CC)OC(=O)c2c(-c3ccc(Cl)cc3)c3ccccc3c(=O)n2C)cc1. The summed E-state index contributed by atoms with van der Waals surface area (Å²) >= 11 is 6.09. The molecule has 1 aromatic heterocycles. The van der Waals surface area contributed by atoms with Crippen molar-refractivity contribution in [2.24, 2.45) is 7.05 Å². The second-order valence-corrected chi connectivity index (χ2v) is 9.17. The van der Waals surface area contributed by atoms with Crippen LogP contribution in [0.25, 0.3) is 21.9 Å². The van der Waals surface area contributed by atoms with Crippen molar-refractivity contribution in [2.75, 3.05) is 11.9 Å².